The standard InChI is InChI=1S/C28H23FN6O2S/c1-18-6-10-20(11-7-18)27(37)31-28-34-33-26(38-28)14-25(36)32-30-15-21-17-35(24-5-3-2-4-23(21)24)16-19-8-12-22(29)13-9-19/h2-13,15,17H,14,16H2,1H3,(H,32,36)(H,31,34,37)/b30-15-. The molecule has 2 amide bonds. The quantitative estimate of drug-likeness (QED) is 0.221. The molecule has 0 bridgehead atoms. The van der Waals surface area contributed by atoms with Crippen LogP contribution in [0.25, 0.3) is 10.9 Å². The molecule has 3 aromatic carbocycles. The predicted octanol–water partition coefficient (Wildman–Crippen LogP) is 4.93. The van der Waals surface area contributed by atoms with Gasteiger partial charge in [0.2, 0.25) is 11.0 Å². The second kappa shape index (κ2) is 11.1. The molecule has 0 saturated heterocycles. The molecule has 38 heavy (non-hydrogen) atoms. The summed E-state index contributed by atoms with van der Waals surface area (Å²) in [5.41, 5.74) is 6.89. The molecule has 0 radical (unpaired) electrons. The lowest BCUT2D eigenvalue weighted by Crippen LogP contribution is -2.19. The maximum atomic E-state index is 13.3. The van der Waals surface area contributed by atoms with Crippen LogP contribution in [-0.2, 0) is 17.8 Å². The number of aromatic nitrogens is 3. The summed E-state index contributed by atoms with van der Waals surface area (Å²) in [5.74, 6) is -0.921. The number of hydrazone groups is 1. The average Bonchev–Trinajstić information content (AvgIpc) is 3.50. The number of fused-ring (bicyclic) bond motifs is 1. The second-order valence-corrected chi connectivity index (χ2v) is 9.71. The van der Waals surface area contributed by atoms with E-state index in [0.29, 0.717) is 22.2 Å². The molecular weight excluding hydrogens is 503 g/mol. The average molecular weight is 527 g/mol. The zero-order chi connectivity index (χ0) is 26.5. The number of rotatable bonds is 8. The van der Waals surface area contributed by atoms with Crippen LogP contribution in [0.2, 0.25) is 0 Å². The number of carbonyl (C=O) groups excluding carboxylic acids is 2. The van der Waals surface area contributed by atoms with Crippen molar-refractivity contribution < 1.29 is 14.0 Å². The number of hydrogen-bond donors (Lipinski definition) is 2. The number of nitrogens with zero attached hydrogens (tertiary/aromatic N) is 4. The van der Waals surface area contributed by atoms with Crippen molar-refractivity contribution in [2.45, 2.75) is 19.9 Å². The first kappa shape index (κ1) is 25.0. The van der Waals surface area contributed by atoms with Crippen LogP contribution in [0.15, 0.2) is 84.1 Å². The lowest BCUT2D eigenvalue weighted by molar-refractivity contribution is -0.120. The van der Waals surface area contributed by atoms with Crippen molar-refractivity contribution in [3.63, 3.8) is 0 Å². The van der Waals surface area contributed by atoms with Crippen molar-refractivity contribution in [2.24, 2.45) is 5.10 Å². The summed E-state index contributed by atoms with van der Waals surface area (Å²) in [7, 11) is 0. The molecule has 0 saturated carbocycles. The summed E-state index contributed by atoms with van der Waals surface area (Å²) in [6.07, 6.45) is 3.51. The molecule has 2 aromatic heterocycles. The van der Waals surface area contributed by atoms with Gasteiger partial charge in [0.05, 0.1) is 12.6 Å². The number of carbonyl (C=O) groups is 2. The summed E-state index contributed by atoms with van der Waals surface area (Å²) in [6, 6.07) is 21.4. The summed E-state index contributed by atoms with van der Waals surface area (Å²) >= 11 is 1.13. The van der Waals surface area contributed by atoms with Gasteiger partial charge in [0.15, 0.2) is 0 Å². The van der Waals surface area contributed by atoms with Gasteiger partial charge in [-0.05, 0) is 42.8 Å². The van der Waals surface area contributed by atoms with Crippen molar-refractivity contribution in [2.75, 3.05) is 5.32 Å². The molecule has 2 N–H and O–H groups in total. The summed E-state index contributed by atoms with van der Waals surface area (Å²) < 4.78 is 15.3. The van der Waals surface area contributed by atoms with E-state index in [0.717, 1.165) is 38.9 Å². The third-order valence-corrected chi connectivity index (χ3v) is 6.63. The lowest BCUT2D eigenvalue weighted by Gasteiger charge is -2.05. The van der Waals surface area contributed by atoms with E-state index < -0.39 is 0 Å². The molecule has 190 valence electrons. The normalized spacial score (nSPS) is 11.2. The molecule has 0 unspecified atom stereocenters. The van der Waals surface area contributed by atoms with Crippen molar-refractivity contribution in [3.8, 4) is 0 Å². The molecule has 2 heterocycles. The highest BCUT2D eigenvalue weighted by Crippen LogP contribution is 2.21. The number of nitrogens with one attached hydrogen (secondary N) is 2. The summed E-state index contributed by atoms with van der Waals surface area (Å²) in [5, 5.41) is 16.5. The van der Waals surface area contributed by atoms with Gasteiger partial charge in [0.25, 0.3) is 5.91 Å². The van der Waals surface area contributed by atoms with E-state index in [1.165, 1.54) is 12.1 Å². The molecule has 0 aliphatic rings. The fourth-order valence-corrected chi connectivity index (χ4v) is 4.63. The smallest absolute Gasteiger partial charge is 0.257 e. The Bertz CT molecular complexity index is 1620. The van der Waals surface area contributed by atoms with Crippen LogP contribution < -0.4 is 10.7 Å². The summed E-state index contributed by atoms with van der Waals surface area (Å²) in [4.78, 5) is 24.8. The number of benzene rings is 3. The fraction of sp³-hybridized carbons (Fsp3) is 0.107. The molecule has 0 aliphatic heterocycles. The van der Waals surface area contributed by atoms with Crippen molar-refractivity contribution in [3.05, 3.63) is 112 Å². The van der Waals surface area contributed by atoms with Crippen LogP contribution >= 0.6 is 11.3 Å². The van der Waals surface area contributed by atoms with E-state index in [4.69, 9.17) is 0 Å². The molecular formula is C28H23FN6O2S. The van der Waals surface area contributed by atoms with Gasteiger partial charge >= 0.3 is 0 Å². The van der Waals surface area contributed by atoms with Gasteiger partial charge in [0.1, 0.15) is 10.8 Å². The Labute approximate surface area is 221 Å². The van der Waals surface area contributed by atoms with Gasteiger partial charge in [-0.3, -0.25) is 14.9 Å². The Morgan fingerprint density at radius 3 is 2.58 bits per heavy atom. The van der Waals surface area contributed by atoms with Crippen LogP contribution in [0, 0.1) is 12.7 Å². The molecule has 0 spiro atoms. The minimum Gasteiger partial charge on any atom is -0.342 e. The van der Waals surface area contributed by atoms with E-state index in [1.54, 1.807) is 30.5 Å². The van der Waals surface area contributed by atoms with Gasteiger partial charge in [0, 0.05) is 34.8 Å². The van der Waals surface area contributed by atoms with E-state index in [2.05, 4.69) is 30.6 Å². The lowest BCUT2D eigenvalue weighted by atomic mass is 10.1. The highest BCUT2D eigenvalue weighted by atomic mass is 32.1. The Balaban J connectivity index is 1.20. The van der Waals surface area contributed by atoms with E-state index in [1.807, 2.05) is 49.5 Å². The SMILES string of the molecule is Cc1ccc(C(=O)Nc2nnc(CC(=O)N/N=C\c3cn(Cc4ccc(F)cc4)c4ccccc34)s2)cc1. The largest absolute Gasteiger partial charge is 0.342 e. The topological polar surface area (TPSA) is 101 Å². The molecule has 5 rings (SSSR count). The maximum Gasteiger partial charge on any atom is 0.257 e. The molecule has 0 atom stereocenters. The Morgan fingerprint density at radius 2 is 1.79 bits per heavy atom. The van der Waals surface area contributed by atoms with Gasteiger partial charge < -0.3 is 4.57 Å². The zero-order valence-corrected chi connectivity index (χ0v) is 21.2. The molecule has 8 nitrogen and oxygen atoms in total. The monoisotopic (exact) mass is 526 g/mol. The minimum atomic E-state index is -0.358. The van der Waals surface area contributed by atoms with Crippen LogP contribution in [0.3, 0.4) is 0 Å². The number of aryl methyl sites for hydroxylation is 1. The van der Waals surface area contributed by atoms with E-state index >= 15 is 0 Å². The number of para-hydroxylation sites is 1. The van der Waals surface area contributed by atoms with Crippen molar-refractivity contribution in [1.29, 1.82) is 0 Å². The summed E-state index contributed by atoms with van der Waals surface area (Å²) in [6.45, 7) is 2.52. The minimum absolute atomic E-state index is 0.0261. The highest BCUT2D eigenvalue weighted by Gasteiger charge is 2.13. The molecule has 0 aliphatic carbocycles. The zero-order valence-electron chi connectivity index (χ0n) is 20.4. The van der Waals surface area contributed by atoms with Crippen LogP contribution in [0.4, 0.5) is 9.52 Å². The molecule has 5 aromatic rings. The molecule has 10 heteroatoms. The highest BCUT2D eigenvalue weighted by molar-refractivity contribution is 7.15. The first-order valence-corrected chi connectivity index (χ1v) is 12.6. The fourth-order valence-electron chi connectivity index (χ4n) is 3.90. The van der Waals surface area contributed by atoms with Crippen molar-refractivity contribution >= 4 is 45.4 Å². The third-order valence-electron chi connectivity index (χ3n) is 5.79. The maximum absolute atomic E-state index is 13.3. The first-order chi connectivity index (χ1) is 18.4. The van der Waals surface area contributed by atoms with E-state index in [-0.39, 0.29) is 24.1 Å². The van der Waals surface area contributed by atoms with Crippen LogP contribution in [-0.4, -0.2) is 32.8 Å². The third kappa shape index (κ3) is 5.98. The van der Waals surface area contributed by atoms with Crippen LogP contribution in [0.1, 0.15) is 32.1 Å². The Hall–Kier alpha value is -4.70. The van der Waals surface area contributed by atoms with Crippen molar-refractivity contribution in [1.82, 2.24) is 20.2 Å². The van der Waals surface area contributed by atoms with Crippen LogP contribution in [0.5, 0.6) is 0 Å². The number of amides is 2. The van der Waals surface area contributed by atoms with Gasteiger partial charge in [-0.25, -0.2) is 9.82 Å². The Kier molecular flexibility index (Phi) is 7.32. The number of hydrogen-bond acceptors (Lipinski definition) is 6. The predicted molar refractivity (Wildman–Crippen MR) is 146 cm³/mol. The van der Waals surface area contributed by atoms with Gasteiger partial charge in [-0.1, -0.05) is 59.4 Å². The second-order valence-electron chi connectivity index (χ2n) is 8.65. The van der Waals surface area contributed by atoms with Gasteiger partial charge in [-0.2, -0.15) is 5.10 Å². The number of anilines is 1. The number of halogens is 1. The van der Waals surface area contributed by atoms with Gasteiger partial charge in [-0.15, -0.1) is 10.2 Å². The Morgan fingerprint density at radius 1 is 1.03 bits per heavy atom. The van der Waals surface area contributed by atoms with E-state index in [9.17, 15) is 14.0 Å². The molecule has 0 fully saturated rings. The first-order valence-electron chi connectivity index (χ1n) is 11.8.